The number of carbonyl (C=O) groups is 1. The molecule has 0 aliphatic rings. The fourth-order valence-electron chi connectivity index (χ4n) is 2.84. The van der Waals surface area contributed by atoms with Gasteiger partial charge in [0.05, 0.1) is 17.4 Å². The molecule has 0 saturated carbocycles. The zero-order chi connectivity index (χ0) is 20.4. The number of aromatic carboxylic acids is 1. The molecule has 29 heavy (non-hydrogen) atoms. The topological polar surface area (TPSA) is 98.7 Å². The van der Waals surface area contributed by atoms with E-state index in [1.165, 1.54) is 0 Å². The molecule has 0 fully saturated rings. The Morgan fingerprint density at radius 2 is 2.00 bits per heavy atom. The van der Waals surface area contributed by atoms with E-state index in [0.717, 1.165) is 16.4 Å². The largest absolute Gasteiger partial charge is 0.478 e. The molecule has 0 amide bonds. The quantitative estimate of drug-likeness (QED) is 0.488. The van der Waals surface area contributed by atoms with Crippen molar-refractivity contribution in [1.82, 2.24) is 29.8 Å². The van der Waals surface area contributed by atoms with Gasteiger partial charge in [-0.1, -0.05) is 36.0 Å². The van der Waals surface area contributed by atoms with Crippen molar-refractivity contribution in [3.63, 3.8) is 0 Å². The van der Waals surface area contributed by atoms with Gasteiger partial charge in [0.1, 0.15) is 12.0 Å². The smallest absolute Gasteiger partial charge is 0.335 e. The minimum atomic E-state index is -0.971. The summed E-state index contributed by atoms with van der Waals surface area (Å²) in [6.45, 7) is 2.11. The van der Waals surface area contributed by atoms with Crippen molar-refractivity contribution in [2.24, 2.45) is 7.05 Å². The van der Waals surface area contributed by atoms with Gasteiger partial charge in [0.15, 0.2) is 5.16 Å². The molecule has 1 N–H and O–H groups in total. The second-order valence-electron chi connectivity index (χ2n) is 6.48. The lowest BCUT2D eigenvalue weighted by molar-refractivity contribution is 0.0697. The van der Waals surface area contributed by atoms with Crippen LogP contribution in [0.25, 0.3) is 16.9 Å². The van der Waals surface area contributed by atoms with Crippen LogP contribution in [0.1, 0.15) is 28.1 Å². The number of rotatable bonds is 6. The number of hydrogen-bond acceptors (Lipinski definition) is 6. The fraction of sp³-hybridized carbons (Fsp3) is 0.150. The predicted molar refractivity (Wildman–Crippen MR) is 109 cm³/mol. The number of benzene rings is 2. The summed E-state index contributed by atoms with van der Waals surface area (Å²) >= 11 is 1.62. The third kappa shape index (κ3) is 4.04. The Kier molecular flexibility index (Phi) is 5.13. The van der Waals surface area contributed by atoms with Gasteiger partial charge in [0.2, 0.25) is 0 Å². The Labute approximate surface area is 171 Å². The molecule has 1 atom stereocenters. The maximum Gasteiger partial charge on any atom is 0.335 e. The summed E-state index contributed by atoms with van der Waals surface area (Å²) in [6, 6.07) is 14.6. The van der Waals surface area contributed by atoms with Crippen molar-refractivity contribution in [2.45, 2.75) is 17.3 Å². The summed E-state index contributed by atoms with van der Waals surface area (Å²) in [6.07, 6.45) is 3.31. The minimum Gasteiger partial charge on any atom is -0.478 e. The predicted octanol–water partition coefficient (Wildman–Crippen LogP) is 3.61. The van der Waals surface area contributed by atoms with Crippen molar-refractivity contribution in [1.29, 1.82) is 0 Å². The molecule has 2 heterocycles. The minimum absolute atomic E-state index is 0.167. The van der Waals surface area contributed by atoms with Gasteiger partial charge in [0, 0.05) is 17.9 Å². The Morgan fingerprint density at radius 1 is 1.17 bits per heavy atom. The average molecular weight is 406 g/mol. The van der Waals surface area contributed by atoms with E-state index in [4.69, 9.17) is 0 Å². The molecule has 4 aromatic rings. The molecule has 0 unspecified atom stereocenters. The van der Waals surface area contributed by atoms with E-state index in [-0.39, 0.29) is 10.8 Å². The monoisotopic (exact) mass is 406 g/mol. The van der Waals surface area contributed by atoms with Crippen molar-refractivity contribution in [3.05, 3.63) is 72.2 Å². The molecule has 0 aliphatic heterocycles. The summed E-state index contributed by atoms with van der Waals surface area (Å²) in [5, 5.41) is 27.1. The van der Waals surface area contributed by atoms with Crippen molar-refractivity contribution < 1.29 is 9.90 Å². The van der Waals surface area contributed by atoms with Crippen molar-refractivity contribution in [3.8, 4) is 16.9 Å². The van der Waals surface area contributed by atoms with Gasteiger partial charge in [-0.25, -0.2) is 4.79 Å². The maximum absolute atomic E-state index is 11.2. The molecule has 4 rings (SSSR count). The number of carboxylic acid groups (broad SMARTS) is 1. The highest BCUT2D eigenvalue weighted by Crippen LogP contribution is 2.33. The average Bonchev–Trinajstić information content (AvgIpc) is 3.38. The van der Waals surface area contributed by atoms with Crippen LogP contribution in [0, 0.1) is 0 Å². The third-order valence-electron chi connectivity index (χ3n) is 4.42. The molecule has 2 aromatic heterocycles. The number of thioether (sulfide) groups is 1. The highest BCUT2D eigenvalue weighted by atomic mass is 32.2. The second-order valence-corrected chi connectivity index (χ2v) is 7.79. The molecule has 2 aromatic carbocycles. The maximum atomic E-state index is 11.2. The van der Waals surface area contributed by atoms with Crippen molar-refractivity contribution in [2.75, 3.05) is 0 Å². The van der Waals surface area contributed by atoms with Gasteiger partial charge in [-0.3, -0.25) is 0 Å². The van der Waals surface area contributed by atoms with E-state index < -0.39 is 5.97 Å². The van der Waals surface area contributed by atoms with Crippen LogP contribution in [-0.2, 0) is 7.05 Å². The summed E-state index contributed by atoms with van der Waals surface area (Å²) in [5.41, 5.74) is 3.47. The summed E-state index contributed by atoms with van der Waals surface area (Å²) < 4.78 is 1.89. The first-order chi connectivity index (χ1) is 14.0. The Hall–Kier alpha value is -3.46. The number of carboxylic acids is 1. The first kappa shape index (κ1) is 18.9. The molecular formula is C20H18N6O2S. The summed E-state index contributed by atoms with van der Waals surface area (Å²) in [5.74, 6) is -0.971. The van der Waals surface area contributed by atoms with Gasteiger partial charge >= 0.3 is 5.97 Å². The Balaban J connectivity index is 1.58. The number of aryl methyl sites for hydroxylation is 1. The van der Waals surface area contributed by atoms with E-state index >= 15 is 0 Å². The zero-order valence-corrected chi connectivity index (χ0v) is 16.6. The normalized spacial score (nSPS) is 12.1. The molecule has 8 nitrogen and oxygen atoms in total. The molecule has 0 spiro atoms. The third-order valence-corrected chi connectivity index (χ3v) is 5.63. The Morgan fingerprint density at radius 3 is 2.76 bits per heavy atom. The standard InChI is InChI=1S/C20H18N6O2S/c1-13(29-20-23-21-12-25(20)2)14-5-4-8-17(10-14)26-22-11-18(24-26)15-6-3-7-16(9-15)19(27)28/h3-13H,1-2H3,(H,27,28)/t13-/m0/s1. The SMILES string of the molecule is C[C@H](Sc1nncn1C)c1cccc(-n2ncc(-c3cccc(C(=O)O)c3)n2)c1. The molecule has 0 bridgehead atoms. The molecule has 0 aliphatic carbocycles. The first-order valence-corrected chi connectivity index (χ1v) is 9.76. The van der Waals surface area contributed by atoms with E-state index in [1.54, 1.807) is 47.3 Å². The second kappa shape index (κ2) is 7.88. The summed E-state index contributed by atoms with van der Waals surface area (Å²) in [4.78, 5) is 12.7. The lowest BCUT2D eigenvalue weighted by Gasteiger charge is -2.12. The fourth-order valence-corrected chi connectivity index (χ4v) is 3.75. The Bertz CT molecular complexity index is 1170. The molecular weight excluding hydrogens is 388 g/mol. The first-order valence-electron chi connectivity index (χ1n) is 8.88. The van der Waals surface area contributed by atoms with Gasteiger partial charge in [0.25, 0.3) is 0 Å². The van der Waals surface area contributed by atoms with E-state index in [1.807, 2.05) is 35.9 Å². The van der Waals surface area contributed by atoms with Crippen LogP contribution >= 0.6 is 11.8 Å². The van der Waals surface area contributed by atoms with Gasteiger partial charge < -0.3 is 9.67 Å². The van der Waals surface area contributed by atoms with Crippen LogP contribution in [-0.4, -0.2) is 40.8 Å². The van der Waals surface area contributed by atoms with Crippen LogP contribution < -0.4 is 0 Å². The van der Waals surface area contributed by atoms with Gasteiger partial charge in [-0.2, -0.15) is 9.90 Å². The molecule has 9 heteroatoms. The lowest BCUT2D eigenvalue weighted by atomic mass is 10.1. The summed E-state index contributed by atoms with van der Waals surface area (Å²) in [7, 11) is 1.92. The molecule has 146 valence electrons. The zero-order valence-electron chi connectivity index (χ0n) is 15.8. The molecule has 0 saturated heterocycles. The van der Waals surface area contributed by atoms with Crippen LogP contribution in [0.2, 0.25) is 0 Å². The van der Waals surface area contributed by atoms with Gasteiger partial charge in [-0.05, 0) is 36.8 Å². The number of aromatic nitrogens is 6. The van der Waals surface area contributed by atoms with E-state index in [9.17, 15) is 9.90 Å². The van der Waals surface area contributed by atoms with Crippen molar-refractivity contribution >= 4 is 17.7 Å². The number of nitrogens with zero attached hydrogens (tertiary/aromatic N) is 6. The van der Waals surface area contributed by atoms with Crippen LogP contribution in [0.15, 0.2) is 66.2 Å². The van der Waals surface area contributed by atoms with Crippen LogP contribution in [0.5, 0.6) is 0 Å². The van der Waals surface area contributed by atoms with Crippen LogP contribution in [0.4, 0.5) is 0 Å². The van der Waals surface area contributed by atoms with Gasteiger partial charge in [-0.15, -0.1) is 15.3 Å². The highest BCUT2D eigenvalue weighted by molar-refractivity contribution is 7.99. The van der Waals surface area contributed by atoms with E-state index in [2.05, 4.69) is 33.4 Å². The molecule has 0 radical (unpaired) electrons. The number of hydrogen-bond donors (Lipinski definition) is 1. The van der Waals surface area contributed by atoms with Crippen LogP contribution in [0.3, 0.4) is 0 Å². The lowest BCUT2D eigenvalue weighted by Crippen LogP contribution is -2.01. The van der Waals surface area contributed by atoms with E-state index in [0.29, 0.717) is 11.3 Å². The highest BCUT2D eigenvalue weighted by Gasteiger charge is 2.13.